The zero-order chi connectivity index (χ0) is 15.4. The first-order valence-corrected chi connectivity index (χ1v) is 6.86. The standard InChI is InChI=1S/C15H11Cl2F2NO/c16-11-3-2-10(13(18)7-11)8-20-15(21)6-9-1-4-12(17)14(19)5-9/h1-5,7H,6,8H2,(H,20,21). The maximum atomic E-state index is 13.5. The predicted molar refractivity (Wildman–Crippen MR) is 78.4 cm³/mol. The molecule has 0 saturated carbocycles. The lowest BCUT2D eigenvalue weighted by Gasteiger charge is -2.07. The summed E-state index contributed by atoms with van der Waals surface area (Å²) in [5, 5.41) is 2.86. The van der Waals surface area contributed by atoms with Gasteiger partial charge in [-0.2, -0.15) is 0 Å². The second-order valence-corrected chi connectivity index (χ2v) is 5.28. The Labute approximate surface area is 130 Å². The Kier molecular flexibility index (Phi) is 5.15. The number of amides is 1. The third kappa shape index (κ3) is 4.41. The molecule has 0 spiro atoms. The van der Waals surface area contributed by atoms with E-state index in [1.165, 1.54) is 24.3 Å². The molecular weight excluding hydrogens is 319 g/mol. The molecule has 0 aromatic heterocycles. The molecule has 0 fully saturated rings. The Morgan fingerprint density at radius 2 is 1.81 bits per heavy atom. The van der Waals surface area contributed by atoms with Gasteiger partial charge in [-0.15, -0.1) is 0 Å². The topological polar surface area (TPSA) is 29.1 Å². The summed E-state index contributed by atoms with van der Waals surface area (Å²) in [6.07, 6.45) is -0.0106. The summed E-state index contributed by atoms with van der Waals surface area (Å²) in [4.78, 5) is 11.7. The summed E-state index contributed by atoms with van der Waals surface area (Å²) in [6, 6.07) is 8.37. The monoisotopic (exact) mass is 329 g/mol. The fourth-order valence-corrected chi connectivity index (χ4v) is 2.03. The van der Waals surface area contributed by atoms with Crippen molar-refractivity contribution in [1.82, 2.24) is 5.32 Å². The van der Waals surface area contributed by atoms with Crippen LogP contribution in [0.1, 0.15) is 11.1 Å². The van der Waals surface area contributed by atoms with Crippen molar-refractivity contribution < 1.29 is 13.6 Å². The van der Waals surface area contributed by atoms with Gasteiger partial charge >= 0.3 is 0 Å². The van der Waals surface area contributed by atoms with Gasteiger partial charge in [-0.05, 0) is 29.8 Å². The lowest BCUT2D eigenvalue weighted by atomic mass is 10.1. The highest BCUT2D eigenvalue weighted by Crippen LogP contribution is 2.16. The molecule has 2 rings (SSSR count). The number of hydrogen-bond donors (Lipinski definition) is 1. The molecular formula is C15H11Cl2F2NO. The summed E-state index contributed by atoms with van der Waals surface area (Å²) < 4.78 is 26.8. The largest absolute Gasteiger partial charge is 0.352 e. The minimum absolute atomic E-state index is 0.00222. The summed E-state index contributed by atoms with van der Waals surface area (Å²) >= 11 is 11.2. The minimum atomic E-state index is -0.578. The minimum Gasteiger partial charge on any atom is -0.352 e. The van der Waals surface area contributed by atoms with Crippen LogP contribution in [0.2, 0.25) is 10.0 Å². The van der Waals surface area contributed by atoms with E-state index in [9.17, 15) is 13.6 Å². The molecule has 110 valence electrons. The predicted octanol–water partition coefficient (Wildman–Crippen LogP) is 4.13. The van der Waals surface area contributed by atoms with Crippen LogP contribution in [0.25, 0.3) is 0 Å². The second-order valence-electron chi connectivity index (χ2n) is 4.44. The zero-order valence-corrected chi connectivity index (χ0v) is 12.3. The van der Waals surface area contributed by atoms with E-state index in [1.807, 2.05) is 0 Å². The van der Waals surface area contributed by atoms with Crippen LogP contribution in [-0.2, 0) is 17.8 Å². The number of rotatable bonds is 4. The first-order chi connectivity index (χ1) is 9.95. The van der Waals surface area contributed by atoms with Crippen molar-refractivity contribution in [3.8, 4) is 0 Å². The van der Waals surface area contributed by atoms with Crippen molar-refractivity contribution in [3.63, 3.8) is 0 Å². The van der Waals surface area contributed by atoms with Gasteiger partial charge in [-0.3, -0.25) is 4.79 Å². The molecule has 0 bridgehead atoms. The van der Waals surface area contributed by atoms with E-state index < -0.39 is 11.6 Å². The molecule has 21 heavy (non-hydrogen) atoms. The van der Waals surface area contributed by atoms with Crippen LogP contribution < -0.4 is 5.32 Å². The van der Waals surface area contributed by atoms with Gasteiger partial charge in [-0.25, -0.2) is 8.78 Å². The molecule has 0 aliphatic heterocycles. The molecule has 2 aromatic rings. The van der Waals surface area contributed by atoms with Crippen molar-refractivity contribution in [1.29, 1.82) is 0 Å². The van der Waals surface area contributed by atoms with Crippen LogP contribution in [0.4, 0.5) is 8.78 Å². The van der Waals surface area contributed by atoms with E-state index in [0.717, 1.165) is 0 Å². The summed E-state index contributed by atoms with van der Waals surface area (Å²) in [5.74, 6) is -1.41. The van der Waals surface area contributed by atoms with Crippen LogP contribution in [0, 0.1) is 11.6 Å². The number of hydrogen-bond acceptors (Lipinski definition) is 1. The molecule has 0 atom stereocenters. The Morgan fingerprint density at radius 1 is 1.05 bits per heavy atom. The number of benzene rings is 2. The van der Waals surface area contributed by atoms with Gasteiger partial charge in [0.15, 0.2) is 0 Å². The van der Waals surface area contributed by atoms with Crippen LogP contribution in [0.15, 0.2) is 36.4 Å². The molecule has 1 amide bonds. The highest BCUT2D eigenvalue weighted by molar-refractivity contribution is 6.30. The lowest BCUT2D eigenvalue weighted by Crippen LogP contribution is -2.25. The normalized spacial score (nSPS) is 10.5. The SMILES string of the molecule is O=C(Cc1ccc(Cl)c(F)c1)NCc1ccc(Cl)cc1F. The number of nitrogens with one attached hydrogen (secondary N) is 1. The lowest BCUT2D eigenvalue weighted by molar-refractivity contribution is -0.120. The molecule has 0 saturated heterocycles. The molecule has 0 heterocycles. The Morgan fingerprint density at radius 3 is 2.48 bits per heavy atom. The maximum Gasteiger partial charge on any atom is 0.224 e. The second kappa shape index (κ2) is 6.87. The smallest absolute Gasteiger partial charge is 0.224 e. The van der Waals surface area contributed by atoms with E-state index in [4.69, 9.17) is 23.2 Å². The van der Waals surface area contributed by atoms with Gasteiger partial charge in [0.05, 0.1) is 11.4 Å². The quantitative estimate of drug-likeness (QED) is 0.897. The fourth-order valence-electron chi connectivity index (χ4n) is 1.76. The highest BCUT2D eigenvalue weighted by Gasteiger charge is 2.08. The molecule has 2 nitrogen and oxygen atoms in total. The third-order valence-electron chi connectivity index (χ3n) is 2.84. The third-order valence-corrected chi connectivity index (χ3v) is 3.38. The van der Waals surface area contributed by atoms with Gasteiger partial charge in [0.25, 0.3) is 0 Å². The van der Waals surface area contributed by atoms with Crippen LogP contribution in [0.3, 0.4) is 0 Å². The Bertz CT molecular complexity index is 677. The van der Waals surface area contributed by atoms with Crippen LogP contribution in [0.5, 0.6) is 0 Å². The Hall–Kier alpha value is -1.65. The molecule has 0 unspecified atom stereocenters. The van der Waals surface area contributed by atoms with E-state index >= 15 is 0 Å². The average molecular weight is 330 g/mol. The van der Waals surface area contributed by atoms with Gasteiger partial charge < -0.3 is 5.32 Å². The van der Waals surface area contributed by atoms with E-state index in [-0.39, 0.29) is 23.9 Å². The molecule has 6 heteroatoms. The van der Waals surface area contributed by atoms with Crippen LogP contribution in [-0.4, -0.2) is 5.91 Å². The van der Waals surface area contributed by atoms with Gasteiger partial charge in [-0.1, -0.05) is 35.3 Å². The van der Waals surface area contributed by atoms with Gasteiger partial charge in [0.2, 0.25) is 5.91 Å². The van der Waals surface area contributed by atoms with Crippen LogP contribution >= 0.6 is 23.2 Å². The van der Waals surface area contributed by atoms with Gasteiger partial charge in [0.1, 0.15) is 11.6 Å². The van der Waals surface area contributed by atoms with Crippen molar-refractivity contribution in [2.75, 3.05) is 0 Å². The maximum absolute atomic E-state index is 13.5. The molecule has 0 radical (unpaired) electrons. The molecule has 1 N–H and O–H groups in total. The average Bonchev–Trinajstić information content (AvgIpc) is 2.42. The first-order valence-electron chi connectivity index (χ1n) is 6.10. The molecule has 2 aromatic carbocycles. The van der Waals surface area contributed by atoms with Crippen molar-refractivity contribution in [3.05, 3.63) is 69.2 Å². The van der Waals surface area contributed by atoms with Crippen molar-refractivity contribution >= 4 is 29.1 Å². The summed E-state index contributed by atoms with van der Waals surface area (Å²) in [7, 11) is 0. The summed E-state index contributed by atoms with van der Waals surface area (Å²) in [5.41, 5.74) is 0.820. The van der Waals surface area contributed by atoms with Crippen molar-refractivity contribution in [2.24, 2.45) is 0 Å². The highest BCUT2D eigenvalue weighted by atomic mass is 35.5. The number of carbonyl (C=O) groups excluding carboxylic acids is 1. The molecule has 0 aliphatic carbocycles. The first kappa shape index (κ1) is 15.7. The molecule has 0 aliphatic rings. The van der Waals surface area contributed by atoms with E-state index in [1.54, 1.807) is 12.1 Å². The van der Waals surface area contributed by atoms with E-state index in [2.05, 4.69) is 5.32 Å². The fraction of sp³-hybridized carbons (Fsp3) is 0.133. The zero-order valence-electron chi connectivity index (χ0n) is 10.8. The van der Waals surface area contributed by atoms with Crippen molar-refractivity contribution in [2.45, 2.75) is 13.0 Å². The number of carbonyl (C=O) groups is 1. The van der Waals surface area contributed by atoms with E-state index in [0.29, 0.717) is 16.1 Å². The van der Waals surface area contributed by atoms with Gasteiger partial charge in [0, 0.05) is 17.1 Å². The number of halogens is 4. The summed E-state index contributed by atoms with van der Waals surface area (Å²) in [6.45, 7) is 0.0396. The Balaban J connectivity index is 1.94.